The van der Waals surface area contributed by atoms with Gasteiger partial charge in [0.1, 0.15) is 0 Å². The molecule has 4 rings (SSSR count). The number of benzene rings is 1. The molecule has 0 bridgehead atoms. The summed E-state index contributed by atoms with van der Waals surface area (Å²) in [6.45, 7) is 2.94. The Kier molecular flexibility index (Phi) is 5.28. The monoisotopic (exact) mass is 388 g/mol. The first-order chi connectivity index (χ1) is 14.2. The molecule has 4 N–H and O–H groups in total. The molecule has 9 nitrogen and oxygen atoms in total. The number of rotatable bonds is 6. The number of amides is 2. The predicted molar refractivity (Wildman–Crippen MR) is 111 cm³/mol. The third-order valence-corrected chi connectivity index (χ3v) is 4.17. The van der Waals surface area contributed by atoms with E-state index in [4.69, 9.17) is 0 Å². The highest BCUT2D eigenvalue weighted by atomic mass is 16.2. The normalized spacial score (nSPS) is 10.7. The van der Waals surface area contributed by atoms with Gasteiger partial charge in [-0.3, -0.25) is 10.3 Å². The fourth-order valence-electron chi connectivity index (χ4n) is 2.90. The first-order valence-corrected chi connectivity index (χ1v) is 9.22. The van der Waals surface area contributed by atoms with Crippen molar-refractivity contribution in [3.8, 4) is 11.4 Å². The summed E-state index contributed by atoms with van der Waals surface area (Å²) >= 11 is 0. The van der Waals surface area contributed by atoms with E-state index in [-0.39, 0.29) is 6.03 Å². The number of hydrogen-bond acceptors (Lipinski definition) is 6. The minimum absolute atomic E-state index is 0.322. The van der Waals surface area contributed by atoms with Crippen LogP contribution in [-0.2, 0) is 6.54 Å². The van der Waals surface area contributed by atoms with Crippen LogP contribution in [0.15, 0.2) is 55.0 Å². The van der Waals surface area contributed by atoms with E-state index in [1.54, 1.807) is 24.7 Å². The molecule has 0 fully saturated rings. The molecule has 9 heteroatoms. The maximum atomic E-state index is 11.8. The number of aromatic amines is 1. The Morgan fingerprint density at radius 2 is 1.90 bits per heavy atom. The highest BCUT2D eigenvalue weighted by Crippen LogP contribution is 2.30. The zero-order chi connectivity index (χ0) is 20.1. The number of hydrogen-bond donors (Lipinski definition) is 4. The van der Waals surface area contributed by atoms with Crippen LogP contribution in [0.2, 0.25) is 0 Å². The molecule has 3 heterocycles. The van der Waals surface area contributed by atoms with Crippen LogP contribution in [0.3, 0.4) is 0 Å². The molecule has 0 aliphatic rings. The Morgan fingerprint density at radius 3 is 2.66 bits per heavy atom. The Balaban J connectivity index is 1.70. The van der Waals surface area contributed by atoms with Gasteiger partial charge >= 0.3 is 6.03 Å². The summed E-state index contributed by atoms with van der Waals surface area (Å²) in [5, 5.41) is 8.74. The number of carbonyl (C=O) groups excluding carboxylic acids is 1. The van der Waals surface area contributed by atoms with Crippen molar-refractivity contribution in [1.29, 1.82) is 0 Å². The molecule has 0 spiro atoms. The smallest absolute Gasteiger partial charge is 0.321 e. The molecule has 2 amide bonds. The summed E-state index contributed by atoms with van der Waals surface area (Å²) in [5.41, 5.74) is 3.98. The molecule has 0 saturated heterocycles. The molecule has 0 saturated carbocycles. The molecule has 1 aromatic carbocycles. The topological polar surface area (TPSA) is 121 Å². The lowest BCUT2D eigenvalue weighted by Crippen LogP contribution is -2.28. The summed E-state index contributed by atoms with van der Waals surface area (Å²) in [5.74, 6) is 0.914. The van der Waals surface area contributed by atoms with Crippen molar-refractivity contribution in [3.05, 3.63) is 60.7 Å². The van der Waals surface area contributed by atoms with Gasteiger partial charge in [0.15, 0.2) is 5.82 Å². The number of imidazole rings is 1. The number of nitrogens with zero attached hydrogens (tertiary/aromatic N) is 4. The number of carbonyl (C=O) groups is 1. The van der Waals surface area contributed by atoms with E-state index in [2.05, 4.69) is 40.9 Å². The number of pyridine rings is 1. The molecular formula is C20H20N8O. The first-order valence-electron chi connectivity index (χ1n) is 9.22. The SMILES string of the molecule is CCNC(=O)Nc1nc2cc(NCc3ccccn3)cc(-c3ncccn3)c2[nH]1. The van der Waals surface area contributed by atoms with Gasteiger partial charge in [-0.2, -0.15) is 0 Å². The minimum Gasteiger partial charge on any atom is -0.379 e. The van der Waals surface area contributed by atoms with Gasteiger partial charge in [-0.15, -0.1) is 0 Å². The van der Waals surface area contributed by atoms with Crippen LogP contribution >= 0.6 is 0 Å². The average Bonchev–Trinajstić information content (AvgIpc) is 3.15. The third kappa shape index (κ3) is 4.29. The van der Waals surface area contributed by atoms with E-state index in [0.717, 1.165) is 22.5 Å². The fourth-order valence-corrected chi connectivity index (χ4v) is 2.90. The van der Waals surface area contributed by atoms with E-state index in [1.807, 2.05) is 37.3 Å². The molecule has 4 aromatic rings. The lowest BCUT2D eigenvalue weighted by atomic mass is 10.1. The van der Waals surface area contributed by atoms with Gasteiger partial charge in [0, 0.05) is 36.4 Å². The van der Waals surface area contributed by atoms with E-state index in [1.165, 1.54) is 0 Å². The lowest BCUT2D eigenvalue weighted by Gasteiger charge is -2.09. The summed E-state index contributed by atoms with van der Waals surface area (Å²) in [4.78, 5) is 32.5. The molecule has 29 heavy (non-hydrogen) atoms. The van der Waals surface area contributed by atoms with Crippen LogP contribution in [0, 0.1) is 0 Å². The van der Waals surface area contributed by atoms with Gasteiger partial charge in [0.05, 0.1) is 23.3 Å². The van der Waals surface area contributed by atoms with Gasteiger partial charge in [-0.25, -0.2) is 19.7 Å². The van der Waals surface area contributed by atoms with Gasteiger partial charge in [-0.1, -0.05) is 6.07 Å². The van der Waals surface area contributed by atoms with Crippen molar-refractivity contribution in [3.63, 3.8) is 0 Å². The number of urea groups is 1. The molecule has 0 aliphatic heterocycles. The predicted octanol–water partition coefficient (Wildman–Crippen LogP) is 3.17. The Hall–Kier alpha value is -4.01. The highest BCUT2D eigenvalue weighted by molar-refractivity contribution is 5.96. The minimum atomic E-state index is -0.322. The third-order valence-electron chi connectivity index (χ3n) is 4.17. The second kappa shape index (κ2) is 8.34. The quantitative estimate of drug-likeness (QED) is 0.403. The summed E-state index contributed by atoms with van der Waals surface area (Å²) in [6, 6.07) is 11.1. The highest BCUT2D eigenvalue weighted by Gasteiger charge is 2.14. The van der Waals surface area contributed by atoms with E-state index in [0.29, 0.717) is 30.4 Å². The van der Waals surface area contributed by atoms with Crippen LogP contribution < -0.4 is 16.0 Å². The summed E-state index contributed by atoms with van der Waals surface area (Å²) in [7, 11) is 0. The number of anilines is 2. The zero-order valence-corrected chi connectivity index (χ0v) is 15.8. The zero-order valence-electron chi connectivity index (χ0n) is 15.8. The standard InChI is InChI=1S/C20H20N8O/c1-2-21-20(29)28-19-26-16-11-14(25-12-13-6-3-4-7-22-13)10-15(17(16)27-19)18-23-8-5-9-24-18/h3-11,25H,2,12H2,1H3,(H3,21,26,27,28,29). The van der Waals surface area contributed by atoms with Gasteiger partial charge in [-0.05, 0) is 37.3 Å². The van der Waals surface area contributed by atoms with Gasteiger partial charge < -0.3 is 15.6 Å². The van der Waals surface area contributed by atoms with Crippen molar-refractivity contribution in [2.24, 2.45) is 0 Å². The van der Waals surface area contributed by atoms with Gasteiger partial charge in [0.25, 0.3) is 0 Å². The van der Waals surface area contributed by atoms with Crippen molar-refractivity contribution < 1.29 is 4.79 Å². The molecule has 146 valence electrons. The van der Waals surface area contributed by atoms with E-state index in [9.17, 15) is 4.79 Å². The Bertz CT molecular complexity index is 1110. The maximum Gasteiger partial charge on any atom is 0.321 e. The van der Waals surface area contributed by atoms with Crippen LogP contribution in [0.25, 0.3) is 22.4 Å². The summed E-state index contributed by atoms with van der Waals surface area (Å²) < 4.78 is 0. The van der Waals surface area contributed by atoms with Crippen LogP contribution in [0.1, 0.15) is 12.6 Å². The first kappa shape index (κ1) is 18.4. The van der Waals surface area contributed by atoms with Crippen molar-refractivity contribution >= 4 is 28.7 Å². The summed E-state index contributed by atoms with van der Waals surface area (Å²) in [6.07, 6.45) is 5.13. The van der Waals surface area contributed by atoms with Crippen LogP contribution in [0.5, 0.6) is 0 Å². The number of H-pyrrole nitrogens is 1. The van der Waals surface area contributed by atoms with Crippen molar-refractivity contribution in [1.82, 2.24) is 30.2 Å². The van der Waals surface area contributed by atoms with Gasteiger partial charge in [0.2, 0.25) is 5.95 Å². The number of fused-ring (bicyclic) bond motifs is 1. The fraction of sp³-hybridized carbons (Fsp3) is 0.150. The molecule has 3 aromatic heterocycles. The largest absolute Gasteiger partial charge is 0.379 e. The molecule has 0 radical (unpaired) electrons. The van der Waals surface area contributed by atoms with Crippen molar-refractivity contribution in [2.75, 3.05) is 17.2 Å². The number of aromatic nitrogens is 5. The lowest BCUT2D eigenvalue weighted by molar-refractivity contribution is 0.252. The molecule has 0 unspecified atom stereocenters. The molecular weight excluding hydrogens is 368 g/mol. The van der Waals surface area contributed by atoms with E-state index >= 15 is 0 Å². The Morgan fingerprint density at radius 1 is 1.07 bits per heavy atom. The van der Waals surface area contributed by atoms with Crippen molar-refractivity contribution in [2.45, 2.75) is 13.5 Å². The Labute approximate surface area is 167 Å². The second-order valence-electron chi connectivity index (χ2n) is 6.23. The number of nitrogens with one attached hydrogen (secondary N) is 4. The maximum absolute atomic E-state index is 11.8. The molecule has 0 atom stereocenters. The molecule has 0 aliphatic carbocycles. The van der Waals surface area contributed by atoms with E-state index < -0.39 is 0 Å². The second-order valence-corrected chi connectivity index (χ2v) is 6.23. The van der Waals surface area contributed by atoms with Crippen LogP contribution in [0.4, 0.5) is 16.4 Å². The van der Waals surface area contributed by atoms with Crippen LogP contribution in [-0.4, -0.2) is 37.5 Å². The average molecular weight is 388 g/mol.